The maximum absolute atomic E-state index is 3.20. The highest BCUT2D eigenvalue weighted by Crippen LogP contribution is 1.75. The highest BCUT2D eigenvalue weighted by molar-refractivity contribution is 4.81. The summed E-state index contributed by atoms with van der Waals surface area (Å²) in [5, 5.41) is 3.20. The lowest BCUT2D eigenvalue weighted by Gasteiger charge is -1.90. The van der Waals surface area contributed by atoms with Gasteiger partial charge in [-0.2, -0.15) is 0 Å². The molecule has 0 atom stereocenters. The summed E-state index contributed by atoms with van der Waals surface area (Å²) < 4.78 is 0. The smallest absolute Gasteiger partial charge is 0.0134 e. The Bertz CT molecular complexity index is 57.4. The molecule has 0 aromatic carbocycles. The topological polar surface area (TPSA) is 12.0 Å². The van der Waals surface area contributed by atoms with Crippen LogP contribution >= 0.6 is 0 Å². The van der Waals surface area contributed by atoms with Gasteiger partial charge in [0.1, 0.15) is 0 Å². The number of nitrogens with one attached hydrogen (secondary N) is 1. The molecule has 0 aliphatic heterocycles. The first kappa shape index (κ1) is 7.70. The Morgan fingerprint density at radius 1 is 1.25 bits per heavy atom. The lowest BCUT2D eigenvalue weighted by atomic mass is 10.4. The number of hydrogen-bond acceptors (Lipinski definition) is 1. The monoisotopic (exact) mass is 113 g/mol. The third-order valence-electron chi connectivity index (χ3n) is 0.915. The van der Waals surface area contributed by atoms with Crippen molar-refractivity contribution >= 4 is 0 Å². The first-order valence-corrected chi connectivity index (χ1v) is 3.27. The second kappa shape index (κ2) is 6.70. The van der Waals surface area contributed by atoms with Gasteiger partial charge in [-0.1, -0.05) is 26.0 Å². The SMILES string of the molecule is CC/C=C\CNCC. The van der Waals surface area contributed by atoms with E-state index in [2.05, 4.69) is 31.3 Å². The van der Waals surface area contributed by atoms with Crippen LogP contribution < -0.4 is 5.32 Å². The summed E-state index contributed by atoms with van der Waals surface area (Å²) in [6.07, 6.45) is 5.47. The van der Waals surface area contributed by atoms with E-state index in [1.807, 2.05) is 0 Å². The van der Waals surface area contributed by atoms with E-state index < -0.39 is 0 Å². The molecule has 0 amide bonds. The molecule has 0 heterocycles. The van der Waals surface area contributed by atoms with Crippen molar-refractivity contribution in [1.82, 2.24) is 5.32 Å². The van der Waals surface area contributed by atoms with Gasteiger partial charge in [-0.25, -0.2) is 0 Å². The minimum absolute atomic E-state index is 1.02. The first-order chi connectivity index (χ1) is 3.91. The molecule has 0 aliphatic rings. The molecule has 0 aromatic rings. The number of likely N-dealkylation sites (N-methyl/N-ethyl adjacent to an activating group) is 1. The van der Waals surface area contributed by atoms with E-state index >= 15 is 0 Å². The van der Waals surface area contributed by atoms with Crippen molar-refractivity contribution < 1.29 is 0 Å². The van der Waals surface area contributed by atoms with Crippen LogP contribution in [-0.2, 0) is 0 Å². The fraction of sp³-hybridized carbons (Fsp3) is 0.714. The highest BCUT2D eigenvalue weighted by Gasteiger charge is 1.70. The quantitative estimate of drug-likeness (QED) is 0.431. The zero-order valence-corrected chi connectivity index (χ0v) is 5.78. The third kappa shape index (κ3) is 5.70. The van der Waals surface area contributed by atoms with Crippen LogP contribution in [0.5, 0.6) is 0 Å². The summed E-state index contributed by atoms with van der Waals surface area (Å²) in [5.41, 5.74) is 0. The molecule has 48 valence electrons. The largest absolute Gasteiger partial charge is 0.314 e. The standard InChI is InChI=1S/C7H15N/c1-3-5-6-7-8-4-2/h5-6,8H,3-4,7H2,1-2H3/b6-5-. The zero-order valence-electron chi connectivity index (χ0n) is 5.78. The molecule has 0 aliphatic carbocycles. The Hall–Kier alpha value is -0.300. The summed E-state index contributed by atoms with van der Waals surface area (Å²) in [6.45, 7) is 6.33. The van der Waals surface area contributed by atoms with Crippen LogP contribution in [-0.4, -0.2) is 13.1 Å². The van der Waals surface area contributed by atoms with Crippen LogP contribution in [0.3, 0.4) is 0 Å². The maximum atomic E-state index is 3.20. The highest BCUT2D eigenvalue weighted by atomic mass is 14.8. The summed E-state index contributed by atoms with van der Waals surface area (Å²) in [4.78, 5) is 0. The molecule has 0 aromatic heterocycles. The van der Waals surface area contributed by atoms with Gasteiger partial charge in [0.15, 0.2) is 0 Å². The van der Waals surface area contributed by atoms with E-state index in [0.717, 1.165) is 19.5 Å². The van der Waals surface area contributed by atoms with Crippen molar-refractivity contribution in [2.45, 2.75) is 20.3 Å². The molecule has 0 bridgehead atoms. The molecular formula is C7H15N. The Balaban J connectivity index is 2.80. The molecule has 1 heteroatoms. The van der Waals surface area contributed by atoms with Gasteiger partial charge in [0.25, 0.3) is 0 Å². The van der Waals surface area contributed by atoms with Gasteiger partial charge in [0, 0.05) is 6.54 Å². The average molecular weight is 113 g/mol. The van der Waals surface area contributed by atoms with Crippen LogP contribution in [0.1, 0.15) is 20.3 Å². The van der Waals surface area contributed by atoms with Gasteiger partial charge < -0.3 is 5.32 Å². The fourth-order valence-electron chi connectivity index (χ4n) is 0.478. The van der Waals surface area contributed by atoms with Gasteiger partial charge in [-0.3, -0.25) is 0 Å². The van der Waals surface area contributed by atoms with Gasteiger partial charge in [0.2, 0.25) is 0 Å². The van der Waals surface area contributed by atoms with Crippen LogP contribution in [0.2, 0.25) is 0 Å². The van der Waals surface area contributed by atoms with E-state index in [1.165, 1.54) is 0 Å². The van der Waals surface area contributed by atoms with Gasteiger partial charge in [-0.15, -0.1) is 0 Å². The van der Waals surface area contributed by atoms with Crippen molar-refractivity contribution in [1.29, 1.82) is 0 Å². The van der Waals surface area contributed by atoms with Gasteiger partial charge in [-0.05, 0) is 13.0 Å². The van der Waals surface area contributed by atoms with Crippen molar-refractivity contribution in [3.05, 3.63) is 12.2 Å². The van der Waals surface area contributed by atoms with Crippen molar-refractivity contribution in [3.8, 4) is 0 Å². The Labute approximate surface area is 51.8 Å². The third-order valence-corrected chi connectivity index (χ3v) is 0.915. The van der Waals surface area contributed by atoms with Gasteiger partial charge in [0.05, 0.1) is 0 Å². The number of hydrogen-bond donors (Lipinski definition) is 1. The first-order valence-electron chi connectivity index (χ1n) is 3.27. The Morgan fingerprint density at radius 2 is 2.00 bits per heavy atom. The summed E-state index contributed by atoms with van der Waals surface area (Å²) in [5.74, 6) is 0. The molecule has 1 N–H and O–H groups in total. The number of allylic oxidation sites excluding steroid dienone is 1. The van der Waals surface area contributed by atoms with Crippen LogP contribution in [0.4, 0.5) is 0 Å². The summed E-state index contributed by atoms with van der Waals surface area (Å²) in [6, 6.07) is 0. The van der Waals surface area contributed by atoms with E-state index in [4.69, 9.17) is 0 Å². The molecule has 0 radical (unpaired) electrons. The molecule has 0 spiro atoms. The minimum atomic E-state index is 1.02. The summed E-state index contributed by atoms with van der Waals surface area (Å²) in [7, 11) is 0. The zero-order chi connectivity index (χ0) is 6.24. The molecule has 1 nitrogen and oxygen atoms in total. The molecule has 0 rings (SSSR count). The summed E-state index contributed by atoms with van der Waals surface area (Å²) >= 11 is 0. The van der Waals surface area contributed by atoms with E-state index in [9.17, 15) is 0 Å². The average Bonchev–Trinajstić information content (AvgIpc) is 1.81. The fourth-order valence-corrected chi connectivity index (χ4v) is 0.478. The van der Waals surface area contributed by atoms with Crippen molar-refractivity contribution in [2.75, 3.05) is 13.1 Å². The van der Waals surface area contributed by atoms with E-state index in [0.29, 0.717) is 0 Å². The molecule has 0 fully saturated rings. The number of rotatable bonds is 4. The van der Waals surface area contributed by atoms with Gasteiger partial charge >= 0.3 is 0 Å². The second-order valence-electron chi connectivity index (χ2n) is 1.69. The van der Waals surface area contributed by atoms with E-state index in [1.54, 1.807) is 0 Å². The van der Waals surface area contributed by atoms with Crippen molar-refractivity contribution in [3.63, 3.8) is 0 Å². The van der Waals surface area contributed by atoms with E-state index in [-0.39, 0.29) is 0 Å². The van der Waals surface area contributed by atoms with Crippen LogP contribution in [0.15, 0.2) is 12.2 Å². The maximum Gasteiger partial charge on any atom is 0.0134 e. The second-order valence-corrected chi connectivity index (χ2v) is 1.69. The molecule has 8 heavy (non-hydrogen) atoms. The van der Waals surface area contributed by atoms with Crippen molar-refractivity contribution in [2.24, 2.45) is 0 Å². The molecule has 0 unspecified atom stereocenters. The molecule has 0 saturated heterocycles. The Kier molecular flexibility index (Phi) is 6.45. The predicted molar refractivity (Wildman–Crippen MR) is 38.0 cm³/mol. The minimum Gasteiger partial charge on any atom is -0.314 e. The molecule has 0 saturated carbocycles. The predicted octanol–water partition coefficient (Wildman–Crippen LogP) is 1.56. The van der Waals surface area contributed by atoms with Crippen LogP contribution in [0.25, 0.3) is 0 Å². The Morgan fingerprint density at radius 3 is 2.50 bits per heavy atom. The molecular weight excluding hydrogens is 98.1 g/mol. The van der Waals surface area contributed by atoms with Crippen LogP contribution in [0, 0.1) is 0 Å². The lowest BCUT2D eigenvalue weighted by molar-refractivity contribution is 0.797. The lowest BCUT2D eigenvalue weighted by Crippen LogP contribution is -2.11. The normalized spacial score (nSPS) is 10.8.